The van der Waals surface area contributed by atoms with Gasteiger partial charge >= 0.3 is 0 Å². The third-order valence-electron chi connectivity index (χ3n) is 2.41. The van der Waals surface area contributed by atoms with Crippen molar-refractivity contribution in [3.63, 3.8) is 0 Å². The first-order valence-electron chi connectivity index (χ1n) is 5.60. The molecule has 0 bridgehead atoms. The molecule has 1 aromatic carbocycles. The van der Waals surface area contributed by atoms with Crippen molar-refractivity contribution in [1.29, 1.82) is 0 Å². The SMILES string of the molecule is CCCNCc1cc(Cl)c2c(c1)OCCO2. The van der Waals surface area contributed by atoms with Gasteiger partial charge < -0.3 is 14.8 Å². The Hall–Kier alpha value is -0.930. The molecule has 0 unspecified atom stereocenters. The van der Waals surface area contributed by atoms with Crippen LogP contribution in [0.15, 0.2) is 12.1 Å². The van der Waals surface area contributed by atoms with Crippen LogP contribution >= 0.6 is 11.6 Å². The van der Waals surface area contributed by atoms with Crippen LogP contribution in [0.4, 0.5) is 0 Å². The van der Waals surface area contributed by atoms with E-state index in [4.69, 9.17) is 21.1 Å². The van der Waals surface area contributed by atoms with E-state index in [1.807, 2.05) is 12.1 Å². The van der Waals surface area contributed by atoms with Crippen molar-refractivity contribution in [2.75, 3.05) is 19.8 Å². The summed E-state index contributed by atoms with van der Waals surface area (Å²) in [5, 5.41) is 3.96. The fourth-order valence-corrected chi connectivity index (χ4v) is 1.96. The number of rotatable bonds is 4. The standard InChI is InChI=1S/C12H16ClNO2/c1-2-3-14-8-9-6-10(13)12-11(7-9)15-4-5-16-12/h6-7,14H,2-5,8H2,1H3. The Balaban J connectivity index is 2.12. The van der Waals surface area contributed by atoms with Crippen molar-refractivity contribution in [2.45, 2.75) is 19.9 Å². The van der Waals surface area contributed by atoms with Crippen molar-refractivity contribution in [2.24, 2.45) is 0 Å². The summed E-state index contributed by atoms with van der Waals surface area (Å²) in [4.78, 5) is 0. The monoisotopic (exact) mass is 241 g/mol. The normalized spacial score (nSPS) is 13.9. The van der Waals surface area contributed by atoms with E-state index in [0.29, 0.717) is 24.0 Å². The van der Waals surface area contributed by atoms with Crippen LogP contribution in [0, 0.1) is 0 Å². The topological polar surface area (TPSA) is 30.5 Å². The molecular formula is C12H16ClNO2. The first-order valence-corrected chi connectivity index (χ1v) is 5.98. The van der Waals surface area contributed by atoms with Gasteiger partial charge in [0, 0.05) is 6.54 Å². The largest absolute Gasteiger partial charge is 0.486 e. The van der Waals surface area contributed by atoms with Crippen LogP contribution in [-0.2, 0) is 6.54 Å². The molecule has 88 valence electrons. The van der Waals surface area contributed by atoms with Crippen molar-refractivity contribution in [1.82, 2.24) is 5.32 Å². The number of hydrogen-bond acceptors (Lipinski definition) is 3. The maximum Gasteiger partial charge on any atom is 0.179 e. The van der Waals surface area contributed by atoms with E-state index in [0.717, 1.165) is 30.8 Å². The third-order valence-corrected chi connectivity index (χ3v) is 2.69. The second kappa shape index (κ2) is 5.41. The van der Waals surface area contributed by atoms with Gasteiger partial charge in [-0.25, -0.2) is 0 Å². The van der Waals surface area contributed by atoms with Crippen LogP contribution in [0.3, 0.4) is 0 Å². The van der Waals surface area contributed by atoms with Crippen molar-refractivity contribution >= 4 is 11.6 Å². The summed E-state index contributed by atoms with van der Waals surface area (Å²) in [6, 6.07) is 3.92. The van der Waals surface area contributed by atoms with Gasteiger partial charge in [0.1, 0.15) is 13.2 Å². The highest BCUT2D eigenvalue weighted by Crippen LogP contribution is 2.38. The number of nitrogens with one attached hydrogen (secondary N) is 1. The molecule has 0 saturated carbocycles. The zero-order valence-corrected chi connectivity index (χ0v) is 10.1. The average molecular weight is 242 g/mol. The minimum Gasteiger partial charge on any atom is -0.486 e. The number of benzene rings is 1. The molecule has 1 aromatic rings. The second-order valence-electron chi connectivity index (χ2n) is 3.78. The van der Waals surface area contributed by atoms with Gasteiger partial charge in [0.05, 0.1) is 5.02 Å². The van der Waals surface area contributed by atoms with E-state index in [1.165, 1.54) is 0 Å². The van der Waals surface area contributed by atoms with Gasteiger partial charge in [0.2, 0.25) is 0 Å². The van der Waals surface area contributed by atoms with Crippen LogP contribution in [0.5, 0.6) is 11.5 Å². The molecule has 0 atom stereocenters. The van der Waals surface area contributed by atoms with E-state index in [9.17, 15) is 0 Å². The summed E-state index contributed by atoms with van der Waals surface area (Å²) in [5.74, 6) is 1.43. The Morgan fingerprint density at radius 3 is 2.94 bits per heavy atom. The Morgan fingerprint density at radius 2 is 2.12 bits per heavy atom. The molecule has 0 spiro atoms. The van der Waals surface area contributed by atoms with Gasteiger partial charge in [0.15, 0.2) is 11.5 Å². The lowest BCUT2D eigenvalue weighted by atomic mass is 10.2. The highest BCUT2D eigenvalue weighted by Gasteiger charge is 2.16. The molecule has 1 aliphatic heterocycles. The van der Waals surface area contributed by atoms with Crippen LogP contribution in [0.2, 0.25) is 5.02 Å². The summed E-state index contributed by atoms with van der Waals surface area (Å²) in [5.41, 5.74) is 1.13. The fourth-order valence-electron chi connectivity index (χ4n) is 1.68. The van der Waals surface area contributed by atoms with E-state index in [1.54, 1.807) is 0 Å². The lowest BCUT2D eigenvalue weighted by Gasteiger charge is -2.20. The average Bonchev–Trinajstić information content (AvgIpc) is 2.30. The predicted molar refractivity (Wildman–Crippen MR) is 64.4 cm³/mol. The first-order chi connectivity index (χ1) is 7.81. The minimum absolute atomic E-state index is 0.570. The molecular weight excluding hydrogens is 226 g/mol. The summed E-state index contributed by atoms with van der Waals surface area (Å²) in [7, 11) is 0. The molecule has 1 heterocycles. The lowest BCUT2D eigenvalue weighted by Crippen LogP contribution is -2.17. The Bertz CT molecular complexity index is 368. The summed E-state index contributed by atoms with van der Waals surface area (Å²) in [6.45, 7) is 5.12. The van der Waals surface area contributed by atoms with E-state index >= 15 is 0 Å². The molecule has 0 aliphatic carbocycles. The molecule has 0 amide bonds. The van der Waals surface area contributed by atoms with Gasteiger partial charge in [0.25, 0.3) is 0 Å². The molecule has 1 N–H and O–H groups in total. The van der Waals surface area contributed by atoms with Crippen molar-refractivity contribution < 1.29 is 9.47 Å². The molecule has 0 aromatic heterocycles. The van der Waals surface area contributed by atoms with Crippen LogP contribution in [-0.4, -0.2) is 19.8 Å². The zero-order chi connectivity index (χ0) is 11.4. The molecule has 16 heavy (non-hydrogen) atoms. The highest BCUT2D eigenvalue weighted by atomic mass is 35.5. The van der Waals surface area contributed by atoms with Crippen molar-refractivity contribution in [3.8, 4) is 11.5 Å². The summed E-state index contributed by atoms with van der Waals surface area (Å²) >= 11 is 6.13. The van der Waals surface area contributed by atoms with Gasteiger partial charge in [-0.3, -0.25) is 0 Å². The number of halogens is 1. The Kier molecular flexibility index (Phi) is 3.91. The van der Waals surface area contributed by atoms with E-state index in [-0.39, 0.29) is 0 Å². The van der Waals surface area contributed by atoms with Gasteiger partial charge in [-0.2, -0.15) is 0 Å². The second-order valence-corrected chi connectivity index (χ2v) is 4.19. The third kappa shape index (κ3) is 2.60. The summed E-state index contributed by atoms with van der Waals surface area (Å²) < 4.78 is 11.0. The molecule has 1 aliphatic rings. The predicted octanol–water partition coefficient (Wildman–Crippen LogP) is 2.61. The van der Waals surface area contributed by atoms with Crippen LogP contribution < -0.4 is 14.8 Å². The molecule has 0 radical (unpaired) electrons. The molecule has 0 saturated heterocycles. The van der Waals surface area contributed by atoms with E-state index < -0.39 is 0 Å². The number of ether oxygens (including phenoxy) is 2. The summed E-state index contributed by atoms with van der Waals surface area (Å²) in [6.07, 6.45) is 1.12. The Labute approximate surface area is 101 Å². The lowest BCUT2D eigenvalue weighted by molar-refractivity contribution is 0.171. The molecule has 0 fully saturated rings. The van der Waals surface area contributed by atoms with Crippen molar-refractivity contribution in [3.05, 3.63) is 22.7 Å². The van der Waals surface area contributed by atoms with Gasteiger partial charge in [-0.1, -0.05) is 18.5 Å². The smallest absolute Gasteiger partial charge is 0.179 e. The Morgan fingerprint density at radius 1 is 1.31 bits per heavy atom. The number of fused-ring (bicyclic) bond motifs is 1. The van der Waals surface area contributed by atoms with Gasteiger partial charge in [-0.05, 0) is 30.7 Å². The van der Waals surface area contributed by atoms with Crippen LogP contribution in [0.1, 0.15) is 18.9 Å². The molecule has 4 heteroatoms. The molecule has 3 nitrogen and oxygen atoms in total. The minimum atomic E-state index is 0.570. The zero-order valence-electron chi connectivity index (χ0n) is 9.38. The maximum absolute atomic E-state index is 6.13. The quantitative estimate of drug-likeness (QED) is 0.822. The maximum atomic E-state index is 6.13. The fraction of sp³-hybridized carbons (Fsp3) is 0.500. The molecule has 2 rings (SSSR count). The first kappa shape index (κ1) is 11.6. The van der Waals surface area contributed by atoms with Crippen LogP contribution in [0.25, 0.3) is 0 Å². The van der Waals surface area contributed by atoms with E-state index in [2.05, 4.69) is 12.2 Å². The highest BCUT2D eigenvalue weighted by molar-refractivity contribution is 6.32. The number of hydrogen-bond donors (Lipinski definition) is 1. The van der Waals surface area contributed by atoms with Gasteiger partial charge in [-0.15, -0.1) is 0 Å².